The molecule has 0 aromatic carbocycles. The number of hydrogen-bond acceptors (Lipinski definition) is 3. The molecule has 3 heteroatoms. The lowest BCUT2D eigenvalue weighted by Crippen LogP contribution is -2.04. The minimum atomic E-state index is 0.476. The summed E-state index contributed by atoms with van der Waals surface area (Å²) in [5.41, 5.74) is 2.76. The molecule has 17 heavy (non-hydrogen) atoms. The zero-order chi connectivity index (χ0) is 12.3. The lowest BCUT2D eigenvalue weighted by atomic mass is 10.1. The minimum absolute atomic E-state index is 0.476. The van der Waals surface area contributed by atoms with Gasteiger partial charge in [-0.2, -0.15) is 5.26 Å². The second-order valence-corrected chi connectivity index (χ2v) is 5.62. The van der Waals surface area contributed by atoms with Crippen molar-refractivity contribution in [1.82, 2.24) is 4.98 Å². The van der Waals surface area contributed by atoms with Gasteiger partial charge in [-0.05, 0) is 44.7 Å². The topological polar surface area (TPSA) is 36.7 Å². The van der Waals surface area contributed by atoms with Gasteiger partial charge >= 0.3 is 0 Å². The lowest BCUT2D eigenvalue weighted by Gasteiger charge is -2.16. The molecule has 0 saturated carbocycles. The van der Waals surface area contributed by atoms with Crippen LogP contribution in [0.5, 0.6) is 0 Å². The Morgan fingerprint density at radius 1 is 1.47 bits per heavy atom. The van der Waals surface area contributed by atoms with Crippen LogP contribution in [0.15, 0.2) is 23.2 Å². The molecule has 1 aliphatic rings. The van der Waals surface area contributed by atoms with Gasteiger partial charge in [0.2, 0.25) is 0 Å². The van der Waals surface area contributed by atoms with Crippen molar-refractivity contribution in [3.05, 3.63) is 35.0 Å². The summed E-state index contributed by atoms with van der Waals surface area (Å²) < 4.78 is 0. The number of nitriles is 1. The summed E-state index contributed by atoms with van der Waals surface area (Å²) in [6.45, 7) is 3.96. The van der Waals surface area contributed by atoms with Crippen LogP contribution in [0.3, 0.4) is 0 Å². The summed E-state index contributed by atoms with van der Waals surface area (Å²) in [5, 5.41) is 10.6. The Bertz CT molecular complexity index is 486. The highest BCUT2D eigenvalue weighted by molar-refractivity contribution is 8.00. The molecule has 2 rings (SSSR count). The van der Waals surface area contributed by atoms with E-state index in [1.54, 1.807) is 11.8 Å². The SMILES string of the molecule is Cc1cc(C)c(C#N)c(SC2C=CCCC2)n1. The van der Waals surface area contributed by atoms with Crippen molar-refractivity contribution >= 4 is 11.8 Å². The maximum atomic E-state index is 9.20. The zero-order valence-electron chi connectivity index (χ0n) is 10.2. The molecule has 1 aromatic heterocycles. The van der Waals surface area contributed by atoms with Crippen molar-refractivity contribution in [3.63, 3.8) is 0 Å². The molecule has 2 nitrogen and oxygen atoms in total. The summed E-state index contributed by atoms with van der Waals surface area (Å²) >= 11 is 1.72. The van der Waals surface area contributed by atoms with Gasteiger partial charge in [0.1, 0.15) is 11.1 Å². The molecular formula is C14H16N2S. The second kappa shape index (κ2) is 5.37. The van der Waals surface area contributed by atoms with Crippen molar-refractivity contribution in [1.29, 1.82) is 5.26 Å². The van der Waals surface area contributed by atoms with Crippen molar-refractivity contribution in [2.24, 2.45) is 0 Å². The fraction of sp³-hybridized carbons (Fsp3) is 0.429. The van der Waals surface area contributed by atoms with E-state index in [2.05, 4.69) is 23.2 Å². The number of rotatable bonds is 2. The normalized spacial score (nSPS) is 19.0. The largest absolute Gasteiger partial charge is 0.245 e. The predicted octanol–water partition coefficient (Wildman–Crippen LogP) is 3.77. The number of pyridine rings is 1. The van der Waals surface area contributed by atoms with Gasteiger partial charge in [-0.3, -0.25) is 0 Å². The molecule has 0 fully saturated rings. The average molecular weight is 244 g/mol. The number of allylic oxidation sites excluding steroid dienone is 1. The van der Waals surface area contributed by atoms with Crippen LogP contribution < -0.4 is 0 Å². The van der Waals surface area contributed by atoms with E-state index in [-0.39, 0.29) is 0 Å². The minimum Gasteiger partial charge on any atom is -0.245 e. The third kappa shape index (κ3) is 2.89. The fourth-order valence-corrected chi connectivity index (χ4v) is 3.33. The van der Waals surface area contributed by atoms with Crippen molar-refractivity contribution < 1.29 is 0 Å². The Hall–Kier alpha value is -1.27. The first-order valence-electron chi connectivity index (χ1n) is 5.92. The summed E-state index contributed by atoms with van der Waals surface area (Å²) in [6.07, 6.45) is 8.08. The Morgan fingerprint density at radius 2 is 2.29 bits per heavy atom. The standard InChI is InChI=1S/C14H16N2S/c1-10-8-11(2)16-14(13(10)9-15)17-12-6-4-3-5-7-12/h4,6,8,12H,3,5,7H2,1-2H3. The molecule has 1 unspecified atom stereocenters. The van der Waals surface area contributed by atoms with E-state index in [0.717, 1.165) is 21.8 Å². The maximum absolute atomic E-state index is 9.20. The van der Waals surface area contributed by atoms with Crippen LogP contribution in [-0.4, -0.2) is 10.2 Å². The highest BCUT2D eigenvalue weighted by Gasteiger charge is 2.15. The lowest BCUT2D eigenvalue weighted by molar-refractivity contribution is 0.740. The van der Waals surface area contributed by atoms with E-state index in [1.165, 1.54) is 19.3 Å². The van der Waals surface area contributed by atoms with E-state index in [0.29, 0.717) is 5.25 Å². The van der Waals surface area contributed by atoms with E-state index in [4.69, 9.17) is 0 Å². The molecule has 1 atom stereocenters. The summed E-state index contributed by atoms with van der Waals surface area (Å²) in [6, 6.07) is 4.24. The van der Waals surface area contributed by atoms with Gasteiger partial charge in [-0.1, -0.05) is 23.9 Å². The highest BCUT2D eigenvalue weighted by Crippen LogP contribution is 2.32. The number of aromatic nitrogens is 1. The third-order valence-corrected chi connectivity index (χ3v) is 4.11. The van der Waals surface area contributed by atoms with Gasteiger partial charge in [0.15, 0.2) is 0 Å². The highest BCUT2D eigenvalue weighted by atomic mass is 32.2. The number of nitrogens with zero attached hydrogens (tertiary/aromatic N) is 2. The molecule has 0 N–H and O–H groups in total. The van der Waals surface area contributed by atoms with Crippen molar-refractivity contribution in [2.75, 3.05) is 0 Å². The maximum Gasteiger partial charge on any atom is 0.115 e. The van der Waals surface area contributed by atoms with Crippen LogP contribution >= 0.6 is 11.8 Å². The first kappa shape index (κ1) is 12.2. The van der Waals surface area contributed by atoms with Gasteiger partial charge in [0.05, 0.1) is 5.56 Å². The Balaban J connectivity index is 2.28. The monoisotopic (exact) mass is 244 g/mol. The molecule has 0 spiro atoms. The molecule has 0 saturated heterocycles. The van der Waals surface area contributed by atoms with E-state index < -0.39 is 0 Å². The van der Waals surface area contributed by atoms with Crippen LogP contribution in [0, 0.1) is 25.2 Å². The molecule has 1 aliphatic carbocycles. The fourth-order valence-electron chi connectivity index (χ4n) is 2.05. The van der Waals surface area contributed by atoms with Crippen molar-refractivity contribution in [3.8, 4) is 6.07 Å². The second-order valence-electron chi connectivity index (χ2n) is 4.39. The quantitative estimate of drug-likeness (QED) is 0.743. The Kier molecular flexibility index (Phi) is 3.86. The summed E-state index contributed by atoms with van der Waals surface area (Å²) in [7, 11) is 0. The van der Waals surface area contributed by atoms with E-state index in [1.807, 2.05) is 19.9 Å². The van der Waals surface area contributed by atoms with Gasteiger partial charge in [-0.25, -0.2) is 4.98 Å². The van der Waals surface area contributed by atoms with Gasteiger partial charge in [0, 0.05) is 10.9 Å². The number of hydrogen-bond donors (Lipinski definition) is 0. The van der Waals surface area contributed by atoms with Crippen LogP contribution in [0.1, 0.15) is 36.1 Å². The van der Waals surface area contributed by atoms with Gasteiger partial charge in [-0.15, -0.1) is 0 Å². The third-order valence-electron chi connectivity index (χ3n) is 2.90. The van der Waals surface area contributed by atoms with Crippen LogP contribution in [0.4, 0.5) is 0 Å². The predicted molar refractivity (Wildman–Crippen MR) is 71.1 cm³/mol. The van der Waals surface area contributed by atoms with Gasteiger partial charge < -0.3 is 0 Å². The molecule has 0 radical (unpaired) electrons. The van der Waals surface area contributed by atoms with E-state index in [9.17, 15) is 5.26 Å². The molecule has 88 valence electrons. The zero-order valence-corrected chi connectivity index (χ0v) is 11.0. The molecule has 1 aromatic rings. The summed E-state index contributed by atoms with van der Waals surface area (Å²) in [4.78, 5) is 4.51. The Labute approximate surface area is 107 Å². The van der Waals surface area contributed by atoms with Crippen molar-refractivity contribution in [2.45, 2.75) is 43.4 Å². The van der Waals surface area contributed by atoms with E-state index >= 15 is 0 Å². The first-order chi connectivity index (χ1) is 8.20. The molecule has 1 heterocycles. The van der Waals surface area contributed by atoms with Gasteiger partial charge in [0.25, 0.3) is 0 Å². The van der Waals surface area contributed by atoms with Crippen LogP contribution in [0.2, 0.25) is 0 Å². The molecule has 0 aliphatic heterocycles. The number of aryl methyl sites for hydroxylation is 2. The number of thioether (sulfide) groups is 1. The van der Waals surface area contributed by atoms with Crippen LogP contribution in [-0.2, 0) is 0 Å². The first-order valence-corrected chi connectivity index (χ1v) is 6.80. The Morgan fingerprint density at radius 3 is 2.94 bits per heavy atom. The smallest absolute Gasteiger partial charge is 0.115 e. The summed E-state index contributed by atoms with van der Waals surface area (Å²) in [5.74, 6) is 0. The molecular weight excluding hydrogens is 228 g/mol. The average Bonchev–Trinajstić information content (AvgIpc) is 2.30. The molecule has 0 amide bonds. The molecule has 0 bridgehead atoms. The van der Waals surface area contributed by atoms with Crippen LogP contribution in [0.25, 0.3) is 0 Å².